The molecule has 0 amide bonds. The van der Waals surface area contributed by atoms with Crippen LogP contribution >= 0.6 is 24.0 Å². The van der Waals surface area contributed by atoms with Gasteiger partial charge in [0.05, 0.1) is 15.2 Å². The Balaban J connectivity index is 2.58. The highest BCUT2D eigenvalue weighted by molar-refractivity contribution is 7.80. The molecule has 17 heavy (non-hydrogen) atoms. The van der Waals surface area contributed by atoms with Gasteiger partial charge in [0.15, 0.2) is 0 Å². The molecule has 92 valence electrons. The Morgan fingerprint density at radius 3 is 2.59 bits per heavy atom. The van der Waals surface area contributed by atoms with Gasteiger partial charge in [0, 0.05) is 16.0 Å². The molecule has 0 spiro atoms. The highest BCUT2D eigenvalue weighted by Gasteiger charge is 2.26. The van der Waals surface area contributed by atoms with E-state index in [1.807, 2.05) is 12.1 Å². The van der Waals surface area contributed by atoms with Crippen LogP contribution < -0.4 is 5.73 Å². The van der Waals surface area contributed by atoms with Crippen molar-refractivity contribution >= 4 is 39.9 Å². The molecule has 1 heterocycles. The van der Waals surface area contributed by atoms with E-state index in [4.69, 9.17) is 10.7 Å². The molecule has 2 aromatic rings. The van der Waals surface area contributed by atoms with Crippen LogP contribution in [-0.4, -0.2) is 4.98 Å². The first-order chi connectivity index (χ1) is 8.00. The first kappa shape index (κ1) is 12.7. The average Bonchev–Trinajstić information content (AvgIpc) is 2.72. The van der Waals surface area contributed by atoms with Gasteiger partial charge in [-0.1, -0.05) is 20.8 Å². The lowest BCUT2D eigenvalue weighted by Crippen LogP contribution is -2.18. The van der Waals surface area contributed by atoms with E-state index in [2.05, 4.69) is 33.4 Å². The van der Waals surface area contributed by atoms with Gasteiger partial charge < -0.3 is 5.73 Å². The minimum Gasteiger partial charge on any atom is -0.398 e. The second-order valence-electron chi connectivity index (χ2n) is 4.67. The number of hydrogen-bond acceptors (Lipinski definition) is 4. The van der Waals surface area contributed by atoms with Crippen molar-refractivity contribution < 1.29 is 0 Å². The molecule has 0 saturated heterocycles. The molecule has 1 aromatic heterocycles. The van der Waals surface area contributed by atoms with Crippen LogP contribution in [0.4, 0.5) is 5.69 Å². The summed E-state index contributed by atoms with van der Waals surface area (Å²) in [6.45, 7) is 6.71. The summed E-state index contributed by atoms with van der Waals surface area (Å²) in [6, 6.07) is 3.93. The maximum atomic E-state index is 5.86. The topological polar surface area (TPSA) is 38.9 Å². The van der Waals surface area contributed by atoms with Gasteiger partial charge >= 0.3 is 0 Å². The minimum absolute atomic E-state index is 0.176. The lowest BCUT2D eigenvalue weighted by atomic mass is 9.85. The maximum absolute atomic E-state index is 5.86. The fourth-order valence-electron chi connectivity index (χ4n) is 1.79. The van der Waals surface area contributed by atoms with Gasteiger partial charge in [-0.05, 0) is 25.0 Å². The zero-order valence-corrected chi connectivity index (χ0v) is 12.2. The van der Waals surface area contributed by atoms with Gasteiger partial charge in [-0.3, -0.25) is 0 Å². The van der Waals surface area contributed by atoms with Crippen molar-refractivity contribution in [3.05, 3.63) is 17.1 Å². The molecular weight excluding hydrogens is 248 g/mol. The molecule has 4 heteroatoms. The average molecular weight is 266 g/mol. The van der Waals surface area contributed by atoms with Crippen LogP contribution in [0.15, 0.2) is 17.0 Å². The van der Waals surface area contributed by atoms with Gasteiger partial charge in [-0.2, -0.15) is 0 Å². The Morgan fingerprint density at radius 1 is 1.35 bits per heavy atom. The zero-order valence-electron chi connectivity index (χ0n) is 10.4. The zero-order chi connectivity index (χ0) is 12.6. The van der Waals surface area contributed by atoms with Crippen molar-refractivity contribution in [1.29, 1.82) is 0 Å². The number of thiazole rings is 1. The number of rotatable bonds is 3. The van der Waals surface area contributed by atoms with Crippen molar-refractivity contribution in [2.24, 2.45) is 0 Å². The highest BCUT2D eigenvalue weighted by atomic mass is 32.1. The Kier molecular flexibility index (Phi) is 3.36. The summed E-state index contributed by atoms with van der Waals surface area (Å²) in [5.41, 5.74) is 7.73. The van der Waals surface area contributed by atoms with Crippen LogP contribution in [0.1, 0.15) is 38.6 Å². The molecule has 2 N–H and O–H groups in total. The number of aromatic nitrogens is 1. The van der Waals surface area contributed by atoms with Crippen LogP contribution in [0.3, 0.4) is 0 Å². The molecule has 0 aliphatic heterocycles. The quantitative estimate of drug-likeness (QED) is 0.644. The summed E-state index contributed by atoms with van der Waals surface area (Å²) in [5.74, 6) is 0. The third-order valence-corrected chi connectivity index (χ3v) is 5.33. The summed E-state index contributed by atoms with van der Waals surface area (Å²) in [6.07, 6.45) is 2.21. The normalized spacial score (nSPS) is 12.2. The summed E-state index contributed by atoms with van der Waals surface area (Å²) >= 11 is 6.12. The number of thiol groups is 1. The van der Waals surface area contributed by atoms with Crippen molar-refractivity contribution in [2.45, 2.75) is 43.9 Å². The third-order valence-electron chi connectivity index (χ3n) is 3.61. The number of benzene rings is 1. The smallest absolute Gasteiger partial charge is 0.0997 e. The van der Waals surface area contributed by atoms with Crippen LogP contribution in [-0.2, 0) is 5.41 Å². The summed E-state index contributed by atoms with van der Waals surface area (Å²) in [4.78, 5) is 5.57. The fourth-order valence-corrected chi connectivity index (χ4v) is 3.34. The van der Waals surface area contributed by atoms with Crippen molar-refractivity contribution in [1.82, 2.24) is 4.98 Å². The van der Waals surface area contributed by atoms with E-state index < -0.39 is 0 Å². The van der Waals surface area contributed by atoms with E-state index in [1.54, 1.807) is 11.3 Å². The number of nitrogens with zero attached hydrogens (tertiary/aromatic N) is 1. The van der Waals surface area contributed by atoms with E-state index in [1.165, 1.54) is 9.71 Å². The second-order valence-corrected chi connectivity index (χ2v) is 6.18. The number of nitrogens with two attached hydrogens (primary N) is 1. The number of nitrogen functional groups attached to an aromatic ring is 1. The van der Waals surface area contributed by atoms with Crippen LogP contribution in [0, 0.1) is 0 Å². The maximum Gasteiger partial charge on any atom is 0.0997 e. The van der Waals surface area contributed by atoms with Gasteiger partial charge in [0.2, 0.25) is 0 Å². The summed E-state index contributed by atoms with van der Waals surface area (Å²) < 4.78 is 1.17. The molecular formula is C13H18N2S2. The van der Waals surface area contributed by atoms with Crippen molar-refractivity contribution in [3.63, 3.8) is 0 Å². The largest absolute Gasteiger partial charge is 0.398 e. The molecule has 0 fully saturated rings. The Bertz CT molecular complexity index is 503. The van der Waals surface area contributed by atoms with E-state index in [0.29, 0.717) is 5.69 Å². The Morgan fingerprint density at radius 2 is 2.00 bits per heavy atom. The predicted molar refractivity (Wildman–Crippen MR) is 79.2 cm³/mol. The highest BCUT2D eigenvalue weighted by Crippen LogP contribution is 2.37. The number of hydrogen-bond donors (Lipinski definition) is 2. The lowest BCUT2D eigenvalue weighted by molar-refractivity contribution is 0.437. The molecule has 1 aromatic carbocycles. The van der Waals surface area contributed by atoms with Crippen LogP contribution in [0.25, 0.3) is 10.2 Å². The van der Waals surface area contributed by atoms with Gasteiger partial charge in [-0.25, -0.2) is 4.98 Å². The van der Waals surface area contributed by atoms with Crippen molar-refractivity contribution in [3.8, 4) is 0 Å². The van der Waals surface area contributed by atoms with Gasteiger partial charge in [-0.15, -0.1) is 24.0 Å². The second kappa shape index (κ2) is 4.50. The molecule has 0 unspecified atom stereocenters. The molecule has 0 aliphatic rings. The molecule has 2 rings (SSSR count). The first-order valence-corrected chi connectivity index (χ1v) is 7.16. The third kappa shape index (κ3) is 2.16. The molecule has 0 aliphatic carbocycles. The van der Waals surface area contributed by atoms with Gasteiger partial charge in [0.1, 0.15) is 0 Å². The first-order valence-electron chi connectivity index (χ1n) is 5.89. The summed E-state index contributed by atoms with van der Waals surface area (Å²) in [7, 11) is 0. The van der Waals surface area contributed by atoms with Crippen molar-refractivity contribution in [2.75, 3.05) is 5.73 Å². The van der Waals surface area contributed by atoms with E-state index >= 15 is 0 Å². The number of fused-ring (bicyclic) bond motifs is 1. The standard InChI is InChI=1S/C13H18N2S2/c1-4-13(3,5-2)12-15-9-6-8(14)10(16)7-11(9)17-12/h6-7,16H,4-5,14H2,1-3H3. The predicted octanol–water partition coefficient (Wildman–Crippen LogP) is 4.24. The molecule has 2 nitrogen and oxygen atoms in total. The molecule has 0 saturated carbocycles. The molecule has 0 radical (unpaired) electrons. The van der Waals surface area contributed by atoms with Crippen LogP contribution in [0.2, 0.25) is 0 Å². The van der Waals surface area contributed by atoms with Crippen LogP contribution in [0.5, 0.6) is 0 Å². The van der Waals surface area contributed by atoms with E-state index in [0.717, 1.165) is 23.3 Å². The number of anilines is 1. The molecule has 0 bridgehead atoms. The Hall–Kier alpha value is -0.740. The van der Waals surface area contributed by atoms with E-state index in [9.17, 15) is 0 Å². The minimum atomic E-state index is 0.176. The molecule has 0 atom stereocenters. The SMILES string of the molecule is CCC(C)(CC)c1nc2cc(N)c(S)cc2s1. The fraction of sp³-hybridized carbons (Fsp3) is 0.462. The van der Waals surface area contributed by atoms with E-state index in [-0.39, 0.29) is 5.41 Å². The monoisotopic (exact) mass is 266 g/mol. The Labute approximate surface area is 112 Å². The van der Waals surface area contributed by atoms with Gasteiger partial charge in [0.25, 0.3) is 0 Å². The lowest BCUT2D eigenvalue weighted by Gasteiger charge is -2.23. The summed E-state index contributed by atoms with van der Waals surface area (Å²) in [5, 5.41) is 1.20.